The van der Waals surface area contributed by atoms with Crippen molar-refractivity contribution in [2.45, 2.75) is 44.2 Å². The Morgan fingerprint density at radius 2 is 1.57 bits per heavy atom. The molecule has 0 unspecified atom stereocenters. The van der Waals surface area contributed by atoms with Crippen LogP contribution in [-0.2, 0) is 19.2 Å². The third-order valence-corrected chi connectivity index (χ3v) is 4.36. The average molecular weight is 295 g/mol. The first kappa shape index (κ1) is 15.5. The van der Waals surface area contributed by atoms with Crippen molar-refractivity contribution in [3.8, 4) is 0 Å². The molecule has 0 bridgehead atoms. The smallest absolute Gasteiger partial charge is 0.291 e. The van der Waals surface area contributed by atoms with Gasteiger partial charge in [-0.25, -0.2) is 0 Å². The van der Waals surface area contributed by atoms with Gasteiger partial charge in [-0.05, 0) is 12.8 Å². The number of ketones is 1. The molecule has 2 aliphatic rings. The summed E-state index contributed by atoms with van der Waals surface area (Å²) in [5, 5.41) is 4.83. The van der Waals surface area contributed by atoms with E-state index in [-0.39, 0.29) is 6.04 Å². The van der Waals surface area contributed by atoms with Gasteiger partial charge in [0, 0.05) is 20.1 Å². The molecule has 3 amide bonds. The van der Waals surface area contributed by atoms with E-state index in [1.165, 1.54) is 19.0 Å². The molecule has 116 valence electrons. The van der Waals surface area contributed by atoms with Crippen molar-refractivity contribution in [1.29, 1.82) is 0 Å². The van der Waals surface area contributed by atoms with Crippen LogP contribution in [0.4, 0.5) is 0 Å². The zero-order valence-electron chi connectivity index (χ0n) is 12.3. The van der Waals surface area contributed by atoms with Crippen LogP contribution >= 0.6 is 0 Å². The van der Waals surface area contributed by atoms with Gasteiger partial charge in [-0.2, -0.15) is 0 Å². The Bertz CT molecular complexity index is 471. The van der Waals surface area contributed by atoms with Crippen LogP contribution in [0.1, 0.15) is 32.1 Å². The number of rotatable bonds is 3. The Hall–Kier alpha value is -1.92. The van der Waals surface area contributed by atoms with Crippen LogP contribution in [0.25, 0.3) is 0 Å². The maximum atomic E-state index is 12.3. The van der Waals surface area contributed by atoms with E-state index in [1.54, 1.807) is 0 Å². The minimum absolute atomic E-state index is 0.132. The number of likely N-dealkylation sites (N-methyl/N-ethyl adjacent to an activating group) is 1. The van der Waals surface area contributed by atoms with E-state index in [0.717, 1.165) is 32.1 Å². The van der Waals surface area contributed by atoms with Gasteiger partial charge in [0.15, 0.2) is 0 Å². The lowest BCUT2D eigenvalue weighted by atomic mass is 9.92. The van der Waals surface area contributed by atoms with Crippen LogP contribution in [0.2, 0.25) is 0 Å². The molecule has 1 heterocycles. The number of Topliss-reactive ketones (excluding diaryl/α,β-unsaturated/α-hetero) is 1. The van der Waals surface area contributed by atoms with E-state index in [2.05, 4.69) is 10.6 Å². The molecule has 0 aromatic rings. The molecule has 0 radical (unpaired) electrons. The molecule has 0 aromatic heterocycles. The van der Waals surface area contributed by atoms with Gasteiger partial charge in [0.2, 0.25) is 17.6 Å². The molecular weight excluding hydrogens is 274 g/mol. The monoisotopic (exact) mass is 295 g/mol. The molecule has 21 heavy (non-hydrogen) atoms. The summed E-state index contributed by atoms with van der Waals surface area (Å²) in [6.45, 7) is 0. The summed E-state index contributed by atoms with van der Waals surface area (Å²) in [4.78, 5) is 49.9. The fraction of sp³-hybridized carbons (Fsp3) is 0.714. The van der Waals surface area contributed by atoms with Crippen molar-refractivity contribution in [2.24, 2.45) is 5.92 Å². The molecule has 2 fully saturated rings. The topological polar surface area (TPSA) is 95.6 Å². The van der Waals surface area contributed by atoms with E-state index >= 15 is 0 Å². The van der Waals surface area contributed by atoms with Crippen molar-refractivity contribution < 1.29 is 19.2 Å². The van der Waals surface area contributed by atoms with Gasteiger partial charge < -0.3 is 15.5 Å². The van der Waals surface area contributed by atoms with Gasteiger partial charge in [-0.3, -0.25) is 19.2 Å². The fourth-order valence-electron chi connectivity index (χ4n) is 3.29. The zero-order chi connectivity index (χ0) is 15.6. The molecule has 1 saturated heterocycles. The molecule has 7 heteroatoms. The maximum absolute atomic E-state index is 12.3. The normalized spacial score (nSPS) is 26.9. The van der Waals surface area contributed by atoms with E-state index < -0.39 is 35.5 Å². The first-order chi connectivity index (χ1) is 10.0. The van der Waals surface area contributed by atoms with E-state index in [9.17, 15) is 19.2 Å². The zero-order valence-corrected chi connectivity index (χ0v) is 12.3. The molecule has 0 aromatic carbocycles. The third-order valence-electron chi connectivity index (χ3n) is 4.36. The minimum Gasteiger partial charge on any atom is -0.358 e. The van der Waals surface area contributed by atoms with Crippen molar-refractivity contribution in [3.63, 3.8) is 0 Å². The Kier molecular flexibility index (Phi) is 4.59. The summed E-state index contributed by atoms with van der Waals surface area (Å²) in [5.41, 5.74) is 0. The van der Waals surface area contributed by atoms with E-state index in [0.29, 0.717) is 0 Å². The molecule has 7 nitrogen and oxygen atoms in total. The number of hydrogen-bond acceptors (Lipinski definition) is 4. The Labute approximate surface area is 123 Å². The van der Waals surface area contributed by atoms with Crippen molar-refractivity contribution in [1.82, 2.24) is 15.5 Å². The first-order valence-electron chi connectivity index (χ1n) is 7.32. The summed E-state index contributed by atoms with van der Waals surface area (Å²) < 4.78 is 0. The molecule has 2 atom stereocenters. The van der Waals surface area contributed by atoms with Crippen LogP contribution in [-0.4, -0.2) is 54.6 Å². The summed E-state index contributed by atoms with van der Waals surface area (Å²) >= 11 is 0. The Balaban J connectivity index is 2.36. The summed E-state index contributed by atoms with van der Waals surface area (Å²) in [6.07, 6.45) is 4.57. The highest BCUT2D eigenvalue weighted by Crippen LogP contribution is 2.32. The van der Waals surface area contributed by atoms with Crippen LogP contribution in [0.5, 0.6) is 0 Å². The fourth-order valence-corrected chi connectivity index (χ4v) is 3.29. The number of likely N-dealkylation sites (tertiary alicyclic amines) is 1. The molecule has 1 saturated carbocycles. The van der Waals surface area contributed by atoms with Crippen LogP contribution in [0, 0.1) is 5.92 Å². The van der Waals surface area contributed by atoms with Gasteiger partial charge >= 0.3 is 0 Å². The highest BCUT2D eigenvalue weighted by molar-refractivity contribution is 6.44. The second-order valence-corrected chi connectivity index (χ2v) is 5.52. The van der Waals surface area contributed by atoms with Gasteiger partial charge in [0.1, 0.15) is 12.0 Å². The highest BCUT2D eigenvalue weighted by Gasteiger charge is 2.55. The number of nitrogens with one attached hydrogen (secondary N) is 2. The number of amides is 3. The summed E-state index contributed by atoms with van der Waals surface area (Å²) in [5.74, 6) is -3.78. The molecule has 2 rings (SSSR count). The number of carbonyl (C=O) groups excluding carboxylic acids is 4. The SMILES string of the molecule is CNC(=O)[C@@H]1C(=O)C(=O)N(C2CCCCC2)[C@H]1C(=O)NC. The van der Waals surface area contributed by atoms with Gasteiger partial charge in [-0.15, -0.1) is 0 Å². The molecule has 1 aliphatic heterocycles. The summed E-state index contributed by atoms with van der Waals surface area (Å²) in [7, 11) is 2.83. The second kappa shape index (κ2) is 6.24. The highest BCUT2D eigenvalue weighted by atomic mass is 16.2. The largest absolute Gasteiger partial charge is 0.358 e. The number of hydrogen-bond donors (Lipinski definition) is 2. The molecular formula is C14H21N3O4. The predicted octanol–water partition coefficient (Wildman–Crippen LogP) is -0.793. The average Bonchev–Trinajstić information content (AvgIpc) is 2.78. The first-order valence-corrected chi connectivity index (χ1v) is 7.32. The molecule has 1 aliphatic carbocycles. The lowest BCUT2D eigenvalue weighted by Crippen LogP contribution is -2.53. The van der Waals surface area contributed by atoms with Crippen LogP contribution in [0.3, 0.4) is 0 Å². The molecule has 2 N–H and O–H groups in total. The standard InChI is InChI=1S/C14H21N3O4/c1-15-12(19)9-10(13(20)16-2)17(14(21)11(9)18)8-6-4-3-5-7-8/h8-10H,3-7H2,1-2H3,(H,15,19)(H,16,20)/t9-,10+/m0/s1. The van der Waals surface area contributed by atoms with Gasteiger partial charge in [-0.1, -0.05) is 19.3 Å². The molecule has 0 spiro atoms. The lowest BCUT2D eigenvalue weighted by molar-refractivity contribution is -0.144. The van der Waals surface area contributed by atoms with Gasteiger partial charge in [0.05, 0.1) is 0 Å². The summed E-state index contributed by atoms with van der Waals surface area (Å²) in [6, 6.07) is -1.16. The van der Waals surface area contributed by atoms with Crippen LogP contribution in [0.15, 0.2) is 0 Å². The maximum Gasteiger partial charge on any atom is 0.291 e. The minimum atomic E-state index is -1.25. The quantitative estimate of drug-likeness (QED) is 0.527. The Morgan fingerprint density at radius 1 is 1.00 bits per heavy atom. The lowest BCUT2D eigenvalue weighted by Gasteiger charge is -2.35. The third kappa shape index (κ3) is 2.64. The van der Waals surface area contributed by atoms with Crippen molar-refractivity contribution in [2.75, 3.05) is 14.1 Å². The van der Waals surface area contributed by atoms with Crippen LogP contribution < -0.4 is 10.6 Å². The van der Waals surface area contributed by atoms with Crippen molar-refractivity contribution in [3.05, 3.63) is 0 Å². The van der Waals surface area contributed by atoms with E-state index in [1.807, 2.05) is 0 Å². The number of carbonyl (C=O) groups is 4. The Morgan fingerprint density at radius 3 is 2.10 bits per heavy atom. The van der Waals surface area contributed by atoms with Crippen molar-refractivity contribution >= 4 is 23.5 Å². The number of nitrogens with zero attached hydrogens (tertiary/aromatic N) is 1. The van der Waals surface area contributed by atoms with E-state index in [4.69, 9.17) is 0 Å². The van der Waals surface area contributed by atoms with Gasteiger partial charge in [0.25, 0.3) is 5.91 Å². The predicted molar refractivity (Wildman–Crippen MR) is 74.1 cm³/mol. The second-order valence-electron chi connectivity index (χ2n) is 5.52.